The summed E-state index contributed by atoms with van der Waals surface area (Å²) < 4.78 is 11.6. The number of carbonyl (C=O) groups excluding carboxylic acids is 2. The van der Waals surface area contributed by atoms with Crippen molar-refractivity contribution < 1.29 is 19.1 Å². The Morgan fingerprint density at radius 2 is 1.36 bits per heavy atom. The van der Waals surface area contributed by atoms with Crippen LogP contribution in [-0.2, 0) is 16.1 Å². The third kappa shape index (κ3) is 7.29. The van der Waals surface area contributed by atoms with Crippen LogP contribution in [0.5, 0.6) is 11.5 Å². The van der Waals surface area contributed by atoms with E-state index in [-0.39, 0.29) is 18.4 Å². The summed E-state index contributed by atoms with van der Waals surface area (Å²) in [4.78, 5) is 25.9. The van der Waals surface area contributed by atoms with Gasteiger partial charge in [0.25, 0.3) is 5.91 Å². The summed E-state index contributed by atoms with van der Waals surface area (Å²) in [7, 11) is 0. The third-order valence-corrected chi connectivity index (χ3v) is 5.43. The molecule has 0 heterocycles. The molecule has 4 aromatic rings. The summed E-state index contributed by atoms with van der Waals surface area (Å²) in [5.74, 6) is 0.656. The first-order valence-electron chi connectivity index (χ1n) is 11.7. The van der Waals surface area contributed by atoms with E-state index in [1.807, 2.05) is 79.7 Å². The minimum atomic E-state index is -0.886. The van der Waals surface area contributed by atoms with Gasteiger partial charge in [0, 0.05) is 11.3 Å². The van der Waals surface area contributed by atoms with Gasteiger partial charge in [-0.1, -0.05) is 66.2 Å². The third-order valence-electron chi connectivity index (χ3n) is 5.43. The summed E-state index contributed by atoms with van der Waals surface area (Å²) in [6.07, 6.45) is 0. The predicted octanol–water partition coefficient (Wildman–Crippen LogP) is 5.74. The zero-order valence-corrected chi connectivity index (χ0v) is 20.0. The molecule has 4 rings (SSSR count). The van der Waals surface area contributed by atoms with Crippen molar-refractivity contribution in [1.82, 2.24) is 5.32 Å². The van der Waals surface area contributed by atoms with E-state index in [1.54, 1.807) is 36.4 Å². The minimum absolute atomic E-state index is 0.0214. The van der Waals surface area contributed by atoms with Crippen molar-refractivity contribution in [2.45, 2.75) is 19.6 Å². The van der Waals surface area contributed by atoms with Gasteiger partial charge < -0.3 is 20.1 Å². The largest absolute Gasteiger partial charge is 0.457 e. The number of nitrogens with one attached hydrogen (secondary N) is 2. The molecule has 6 nitrogen and oxygen atoms in total. The van der Waals surface area contributed by atoms with Gasteiger partial charge in [0.05, 0.1) is 13.2 Å². The van der Waals surface area contributed by atoms with E-state index in [1.165, 1.54) is 0 Å². The molecule has 0 aliphatic rings. The Kier molecular flexibility index (Phi) is 8.46. The molecule has 1 unspecified atom stereocenters. The molecule has 4 aromatic carbocycles. The normalized spacial score (nSPS) is 11.4. The summed E-state index contributed by atoms with van der Waals surface area (Å²) >= 11 is 0. The summed E-state index contributed by atoms with van der Waals surface area (Å²) in [6, 6.07) is 32.4. The van der Waals surface area contributed by atoms with Crippen LogP contribution >= 0.6 is 0 Å². The van der Waals surface area contributed by atoms with Crippen LogP contribution in [0.3, 0.4) is 0 Å². The number of rotatable bonds is 10. The second kappa shape index (κ2) is 12.3. The molecule has 6 heteroatoms. The quantitative estimate of drug-likeness (QED) is 0.303. The number of benzene rings is 4. The molecular weight excluding hydrogens is 452 g/mol. The number of amides is 2. The van der Waals surface area contributed by atoms with Crippen LogP contribution in [0, 0.1) is 6.92 Å². The molecule has 0 saturated heterocycles. The molecule has 2 N–H and O–H groups in total. The molecule has 36 heavy (non-hydrogen) atoms. The van der Waals surface area contributed by atoms with Crippen LogP contribution in [0.1, 0.15) is 21.5 Å². The highest BCUT2D eigenvalue weighted by atomic mass is 16.5. The van der Waals surface area contributed by atoms with Gasteiger partial charge in [-0.3, -0.25) is 9.59 Å². The highest BCUT2D eigenvalue weighted by Gasteiger charge is 2.22. The molecule has 0 fully saturated rings. The molecule has 2 amide bonds. The maximum Gasteiger partial charge on any atom is 0.251 e. The Morgan fingerprint density at radius 3 is 2.03 bits per heavy atom. The van der Waals surface area contributed by atoms with Gasteiger partial charge in [-0.2, -0.15) is 0 Å². The lowest BCUT2D eigenvalue weighted by molar-refractivity contribution is -0.119. The van der Waals surface area contributed by atoms with Crippen molar-refractivity contribution in [2.24, 2.45) is 0 Å². The van der Waals surface area contributed by atoms with Crippen LogP contribution in [0.15, 0.2) is 109 Å². The SMILES string of the molecule is Cc1ccc(C(=O)NC(COCc2ccccc2)C(=O)Nc2ccc(Oc3ccccc3)cc2)cc1. The van der Waals surface area contributed by atoms with Gasteiger partial charge in [0.15, 0.2) is 0 Å². The maximum atomic E-state index is 13.1. The van der Waals surface area contributed by atoms with Gasteiger partial charge in [0.2, 0.25) is 5.91 Å². The van der Waals surface area contributed by atoms with Gasteiger partial charge in [-0.15, -0.1) is 0 Å². The van der Waals surface area contributed by atoms with Crippen molar-refractivity contribution in [3.8, 4) is 11.5 Å². The van der Waals surface area contributed by atoms with Crippen LogP contribution in [0.2, 0.25) is 0 Å². The summed E-state index contributed by atoms with van der Waals surface area (Å²) in [5, 5.41) is 5.66. The minimum Gasteiger partial charge on any atom is -0.457 e. The smallest absolute Gasteiger partial charge is 0.251 e. The van der Waals surface area contributed by atoms with Gasteiger partial charge in [-0.05, 0) is 61.0 Å². The van der Waals surface area contributed by atoms with E-state index < -0.39 is 6.04 Å². The number of para-hydroxylation sites is 1. The van der Waals surface area contributed by atoms with Crippen LogP contribution in [0.25, 0.3) is 0 Å². The van der Waals surface area contributed by atoms with Crippen LogP contribution in [0.4, 0.5) is 5.69 Å². The van der Waals surface area contributed by atoms with Crippen molar-refractivity contribution in [2.75, 3.05) is 11.9 Å². The van der Waals surface area contributed by atoms with E-state index in [0.717, 1.165) is 16.9 Å². The van der Waals surface area contributed by atoms with Crippen LogP contribution in [-0.4, -0.2) is 24.5 Å². The molecule has 0 saturated carbocycles. The van der Waals surface area contributed by atoms with Crippen LogP contribution < -0.4 is 15.4 Å². The standard InChI is InChI=1S/C30H28N2O4/c1-22-12-14-24(15-13-22)29(33)32-28(21-35-20-23-8-4-2-5-9-23)30(34)31-25-16-18-27(19-17-25)36-26-10-6-3-7-11-26/h2-19,28H,20-21H2,1H3,(H,31,34)(H,32,33). The Morgan fingerprint density at radius 1 is 0.750 bits per heavy atom. The second-order valence-corrected chi connectivity index (χ2v) is 8.32. The molecule has 0 bridgehead atoms. The summed E-state index contributed by atoms with van der Waals surface area (Å²) in [5.41, 5.74) is 3.09. The first-order chi connectivity index (χ1) is 17.6. The number of hydrogen-bond donors (Lipinski definition) is 2. The van der Waals surface area contributed by atoms with E-state index in [9.17, 15) is 9.59 Å². The molecule has 1 atom stereocenters. The first kappa shape index (κ1) is 24.7. The van der Waals surface area contributed by atoms with E-state index >= 15 is 0 Å². The van der Waals surface area contributed by atoms with E-state index in [2.05, 4.69) is 10.6 Å². The Hall–Kier alpha value is -4.42. The fraction of sp³-hybridized carbons (Fsp3) is 0.133. The number of carbonyl (C=O) groups is 2. The van der Waals surface area contributed by atoms with Gasteiger partial charge >= 0.3 is 0 Å². The second-order valence-electron chi connectivity index (χ2n) is 8.32. The number of hydrogen-bond acceptors (Lipinski definition) is 4. The van der Waals surface area contributed by atoms with Crippen molar-refractivity contribution in [1.29, 1.82) is 0 Å². The average molecular weight is 481 g/mol. The monoisotopic (exact) mass is 480 g/mol. The van der Waals surface area contributed by atoms with E-state index in [0.29, 0.717) is 23.6 Å². The van der Waals surface area contributed by atoms with Gasteiger partial charge in [-0.25, -0.2) is 0 Å². The summed E-state index contributed by atoms with van der Waals surface area (Å²) in [6.45, 7) is 2.30. The molecule has 0 spiro atoms. The molecule has 0 aromatic heterocycles. The lowest BCUT2D eigenvalue weighted by Gasteiger charge is -2.19. The zero-order chi connectivity index (χ0) is 25.2. The van der Waals surface area contributed by atoms with Crippen molar-refractivity contribution in [3.63, 3.8) is 0 Å². The lowest BCUT2D eigenvalue weighted by atomic mass is 10.1. The Balaban J connectivity index is 1.40. The molecular formula is C30H28N2O4. The Bertz CT molecular complexity index is 1260. The van der Waals surface area contributed by atoms with Crippen molar-refractivity contribution >= 4 is 17.5 Å². The Labute approximate surface area is 210 Å². The first-order valence-corrected chi connectivity index (χ1v) is 11.7. The number of anilines is 1. The van der Waals surface area contributed by atoms with Gasteiger partial charge in [0.1, 0.15) is 17.5 Å². The highest BCUT2D eigenvalue weighted by molar-refractivity contribution is 6.01. The zero-order valence-electron chi connectivity index (χ0n) is 20.0. The number of ether oxygens (including phenoxy) is 2. The molecule has 0 aliphatic carbocycles. The fourth-order valence-corrected chi connectivity index (χ4v) is 3.46. The van der Waals surface area contributed by atoms with Crippen molar-refractivity contribution in [3.05, 3.63) is 126 Å². The highest BCUT2D eigenvalue weighted by Crippen LogP contribution is 2.22. The lowest BCUT2D eigenvalue weighted by Crippen LogP contribution is -2.46. The fourth-order valence-electron chi connectivity index (χ4n) is 3.46. The number of aryl methyl sites for hydroxylation is 1. The molecule has 182 valence electrons. The maximum absolute atomic E-state index is 13.1. The predicted molar refractivity (Wildman–Crippen MR) is 140 cm³/mol. The molecule has 0 aliphatic heterocycles. The topological polar surface area (TPSA) is 76.7 Å². The average Bonchev–Trinajstić information content (AvgIpc) is 2.91. The van der Waals surface area contributed by atoms with E-state index in [4.69, 9.17) is 9.47 Å². The molecule has 0 radical (unpaired) electrons.